The van der Waals surface area contributed by atoms with Gasteiger partial charge in [0.05, 0.1) is 12.0 Å². The van der Waals surface area contributed by atoms with E-state index in [0.717, 1.165) is 16.1 Å². The van der Waals surface area contributed by atoms with E-state index in [1.165, 1.54) is 11.3 Å². The first-order chi connectivity index (χ1) is 14.4. The van der Waals surface area contributed by atoms with Crippen molar-refractivity contribution in [2.75, 3.05) is 4.90 Å². The molecule has 1 amide bonds. The number of halogens is 2. The van der Waals surface area contributed by atoms with Gasteiger partial charge in [-0.1, -0.05) is 53.0 Å². The van der Waals surface area contributed by atoms with E-state index in [4.69, 9.17) is 27.9 Å². The predicted octanol–water partition coefficient (Wildman–Crippen LogP) is 6.20. The highest BCUT2D eigenvalue weighted by molar-refractivity contribution is 7.10. The molecule has 1 aromatic heterocycles. The van der Waals surface area contributed by atoms with Crippen LogP contribution >= 0.6 is 34.5 Å². The summed E-state index contributed by atoms with van der Waals surface area (Å²) in [5, 5.41) is 2.90. The SMILES string of the molecule is Cc1ccc(N2C(=O)C[C@@H](C(=O)OCc3ccc(Cl)cc3Cl)[C@@H]2c2cccs2)cc1. The van der Waals surface area contributed by atoms with E-state index in [2.05, 4.69) is 0 Å². The fraction of sp³-hybridized carbons (Fsp3) is 0.217. The summed E-state index contributed by atoms with van der Waals surface area (Å²) >= 11 is 13.6. The van der Waals surface area contributed by atoms with Gasteiger partial charge < -0.3 is 9.64 Å². The molecule has 2 heterocycles. The molecule has 7 heteroatoms. The first-order valence-corrected chi connectivity index (χ1v) is 11.1. The molecule has 0 spiro atoms. The lowest BCUT2D eigenvalue weighted by atomic mass is 9.98. The van der Waals surface area contributed by atoms with Gasteiger partial charge in [0.15, 0.2) is 0 Å². The lowest BCUT2D eigenvalue weighted by molar-refractivity contribution is -0.150. The molecular formula is C23H19Cl2NO3S. The zero-order chi connectivity index (χ0) is 21.3. The van der Waals surface area contributed by atoms with Crippen LogP contribution in [0.4, 0.5) is 5.69 Å². The second-order valence-electron chi connectivity index (χ2n) is 7.21. The van der Waals surface area contributed by atoms with Crippen LogP contribution in [0.2, 0.25) is 10.0 Å². The Hall–Kier alpha value is -2.34. The molecule has 2 aromatic carbocycles. The highest BCUT2D eigenvalue weighted by atomic mass is 35.5. The van der Waals surface area contributed by atoms with Gasteiger partial charge in [0.1, 0.15) is 6.61 Å². The minimum atomic E-state index is -0.594. The van der Waals surface area contributed by atoms with Crippen molar-refractivity contribution in [3.63, 3.8) is 0 Å². The van der Waals surface area contributed by atoms with Crippen LogP contribution in [0.3, 0.4) is 0 Å². The monoisotopic (exact) mass is 459 g/mol. The number of thiophene rings is 1. The average Bonchev–Trinajstić information content (AvgIpc) is 3.35. The van der Waals surface area contributed by atoms with Crippen LogP contribution < -0.4 is 4.90 Å². The number of amides is 1. The van der Waals surface area contributed by atoms with Gasteiger partial charge in [0.2, 0.25) is 5.91 Å². The standard InChI is InChI=1S/C23H19Cl2NO3S/c1-14-4-8-17(9-5-14)26-21(27)12-18(22(26)20-3-2-10-30-20)23(28)29-13-15-6-7-16(24)11-19(15)25/h2-11,18,22H,12-13H2,1H3/t18-,22-/m1/s1. The van der Waals surface area contributed by atoms with E-state index >= 15 is 0 Å². The Morgan fingerprint density at radius 1 is 1.17 bits per heavy atom. The number of ether oxygens (including phenoxy) is 1. The molecule has 30 heavy (non-hydrogen) atoms. The van der Waals surface area contributed by atoms with Gasteiger partial charge in [-0.05, 0) is 42.6 Å². The predicted molar refractivity (Wildman–Crippen MR) is 120 cm³/mol. The van der Waals surface area contributed by atoms with Crippen LogP contribution in [0.1, 0.15) is 28.5 Å². The van der Waals surface area contributed by atoms with Crippen molar-refractivity contribution in [1.82, 2.24) is 0 Å². The summed E-state index contributed by atoms with van der Waals surface area (Å²) in [6.07, 6.45) is 0.101. The van der Waals surface area contributed by atoms with Crippen LogP contribution in [0.15, 0.2) is 60.0 Å². The molecule has 1 aliphatic heterocycles. The Labute approximate surface area is 189 Å². The number of anilines is 1. The van der Waals surface area contributed by atoms with Gasteiger partial charge in [0.25, 0.3) is 0 Å². The van der Waals surface area contributed by atoms with Gasteiger partial charge in [-0.2, -0.15) is 0 Å². The summed E-state index contributed by atoms with van der Waals surface area (Å²) < 4.78 is 5.57. The number of carbonyl (C=O) groups excluding carboxylic acids is 2. The van der Waals surface area contributed by atoms with Gasteiger partial charge in [-0.15, -0.1) is 11.3 Å². The topological polar surface area (TPSA) is 46.6 Å². The summed E-state index contributed by atoms with van der Waals surface area (Å²) in [4.78, 5) is 28.6. The Balaban J connectivity index is 1.59. The molecular weight excluding hydrogens is 441 g/mol. The van der Waals surface area contributed by atoms with Crippen LogP contribution in [0.5, 0.6) is 0 Å². The average molecular weight is 460 g/mol. The van der Waals surface area contributed by atoms with Gasteiger partial charge in [0, 0.05) is 32.6 Å². The Morgan fingerprint density at radius 2 is 1.93 bits per heavy atom. The number of hydrogen-bond donors (Lipinski definition) is 0. The molecule has 1 aliphatic rings. The zero-order valence-electron chi connectivity index (χ0n) is 16.2. The maximum atomic E-state index is 13.0. The largest absolute Gasteiger partial charge is 0.460 e. The maximum Gasteiger partial charge on any atom is 0.312 e. The molecule has 2 atom stereocenters. The van der Waals surface area contributed by atoms with E-state index in [1.54, 1.807) is 23.1 Å². The lowest BCUT2D eigenvalue weighted by Crippen LogP contribution is -2.30. The molecule has 0 radical (unpaired) electrons. The van der Waals surface area contributed by atoms with Crippen LogP contribution in [0.25, 0.3) is 0 Å². The summed E-state index contributed by atoms with van der Waals surface area (Å²) in [6.45, 7) is 2.02. The number of rotatable bonds is 5. The number of carbonyl (C=O) groups is 2. The van der Waals surface area contributed by atoms with Crippen molar-refractivity contribution < 1.29 is 14.3 Å². The fourth-order valence-corrected chi connectivity index (χ4v) is 4.98. The highest BCUT2D eigenvalue weighted by Gasteiger charge is 2.46. The second kappa shape index (κ2) is 8.80. The number of esters is 1. The summed E-state index contributed by atoms with van der Waals surface area (Å²) in [6, 6.07) is 16.3. The van der Waals surface area contributed by atoms with Gasteiger partial charge in [-0.3, -0.25) is 9.59 Å². The van der Waals surface area contributed by atoms with Crippen LogP contribution in [0, 0.1) is 12.8 Å². The molecule has 0 bridgehead atoms. The molecule has 1 fully saturated rings. The van der Waals surface area contributed by atoms with Crippen molar-refractivity contribution in [2.45, 2.75) is 26.0 Å². The van der Waals surface area contributed by atoms with Crippen LogP contribution in [-0.2, 0) is 20.9 Å². The van der Waals surface area contributed by atoms with Gasteiger partial charge in [-0.25, -0.2) is 0 Å². The fourth-order valence-electron chi connectivity index (χ4n) is 3.64. The minimum absolute atomic E-state index is 0.0290. The molecule has 154 valence electrons. The van der Waals surface area contributed by atoms with Crippen LogP contribution in [-0.4, -0.2) is 11.9 Å². The number of hydrogen-bond acceptors (Lipinski definition) is 4. The minimum Gasteiger partial charge on any atom is -0.460 e. The summed E-state index contributed by atoms with van der Waals surface area (Å²) in [5.41, 5.74) is 2.55. The first kappa shape index (κ1) is 20.9. The maximum absolute atomic E-state index is 13.0. The number of benzene rings is 2. The molecule has 1 saturated heterocycles. The third-order valence-corrected chi connectivity index (χ3v) is 6.69. The quantitative estimate of drug-likeness (QED) is 0.426. The molecule has 3 aromatic rings. The van der Waals surface area contributed by atoms with E-state index in [0.29, 0.717) is 15.6 Å². The van der Waals surface area contributed by atoms with E-state index in [-0.39, 0.29) is 18.9 Å². The van der Waals surface area contributed by atoms with E-state index in [1.807, 2.05) is 48.7 Å². The third-order valence-electron chi connectivity index (χ3n) is 5.16. The smallest absolute Gasteiger partial charge is 0.312 e. The third kappa shape index (κ3) is 4.24. The molecule has 0 N–H and O–H groups in total. The Morgan fingerprint density at radius 3 is 2.60 bits per heavy atom. The summed E-state index contributed by atoms with van der Waals surface area (Å²) in [7, 11) is 0. The molecule has 0 unspecified atom stereocenters. The second-order valence-corrected chi connectivity index (χ2v) is 9.04. The highest BCUT2D eigenvalue weighted by Crippen LogP contribution is 2.43. The summed E-state index contributed by atoms with van der Waals surface area (Å²) in [5.74, 6) is -1.10. The number of nitrogens with zero attached hydrogens (tertiary/aromatic N) is 1. The van der Waals surface area contributed by atoms with Crippen molar-refractivity contribution in [2.24, 2.45) is 5.92 Å². The van der Waals surface area contributed by atoms with Crippen molar-refractivity contribution in [3.8, 4) is 0 Å². The normalized spacial score (nSPS) is 18.6. The molecule has 0 saturated carbocycles. The number of aryl methyl sites for hydroxylation is 1. The Kier molecular flexibility index (Phi) is 6.14. The molecule has 4 nitrogen and oxygen atoms in total. The lowest BCUT2D eigenvalue weighted by Gasteiger charge is -2.27. The molecule has 4 rings (SSSR count). The van der Waals surface area contributed by atoms with Crippen molar-refractivity contribution in [3.05, 3.63) is 86.0 Å². The molecule has 0 aliphatic carbocycles. The van der Waals surface area contributed by atoms with E-state index in [9.17, 15) is 9.59 Å². The first-order valence-electron chi connectivity index (χ1n) is 9.47. The zero-order valence-corrected chi connectivity index (χ0v) is 18.5. The van der Waals surface area contributed by atoms with Crippen molar-refractivity contribution >= 4 is 52.1 Å². The van der Waals surface area contributed by atoms with Crippen molar-refractivity contribution in [1.29, 1.82) is 0 Å². The van der Waals surface area contributed by atoms with Gasteiger partial charge >= 0.3 is 5.97 Å². The van der Waals surface area contributed by atoms with E-state index < -0.39 is 17.9 Å². The Bertz CT molecular complexity index is 1070.